The average molecular weight is 162 g/mol. The first-order valence-electron chi connectivity index (χ1n) is 5.05. The van der Waals surface area contributed by atoms with Gasteiger partial charge in [-0.05, 0) is 32.1 Å². The first-order valence-corrected chi connectivity index (χ1v) is 5.05. The van der Waals surface area contributed by atoms with Crippen molar-refractivity contribution in [2.24, 2.45) is 11.3 Å². The van der Waals surface area contributed by atoms with Crippen LogP contribution in [0, 0.1) is 11.3 Å². The summed E-state index contributed by atoms with van der Waals surface area (Å²) in [5.41, 5.74) is 2.04. The molecule has 2 saturated carbocycles. The van der Waals surface area contributed by atoms with E-state index >= 15 is 0 Å². The van der Waals surface area contributed by atoms with Crippen molar-refractivity contribution in [2.75, 3.05) is 0 Å². The summed E-state index contributed by atoms with van der Waals surface area (Å²) in [6.45, 7) is 0. The Hall–Kier alpha value is -0.590. The van der Waals surface area contributed by atoms with E-state index in [0.29, 0.717) is 17.1 Å². The number of carbonyl (C=O) groups excluding carboxylic acids is 1. The van der Waals surface area contributed by atoms with E-state index in [1.54, 1.807) is 5.57 Å². The van der Waals surface area contributed by atoms with Crippen molar-refractivity contribution >= 4 is 5.78 Å². The second kappa shape index (κ2) is 2.01. The highest BCUT2D eigenvalue weighted by Crippen LogP contribution is 2.63. The number of rotatable bonds is 0. The maximum Gasteiger partial charge on any atom is 0.137 e. The number of hydrogen-bond donors (Lipinski definition) is 0. The molecule has 12 heavy (non-hydrogen) atoms. The summed E-state index contributed by atoms with van der Waals surface area (Å²) in [6.07, 6.45) is 9.31. The fourth-order valence-electron chi connectivity index (χ4n) is 3.47. The van der Waals surface area contributed by atoms with Crippen molar-refractivity contribution in [3.63, 3.8) is 0 Å². The lowest BCUT2D eigenvalue weighted by molar-refractivity contribution is -0.133. The van der Waals surface area contributed by atoms with E-state index in [9.17, 15) is 4.79 Å². The van der Waals surface area contributed by atoms with Crippen molar-refractivity contribution in [3.05, 3.63) is 11.6 Å². The quantitative estimate of drug-likeness (QED) is 0.500. The van der Waals surface area contributed by atoms with E-state index in [0.717, 1.165) is 19.3 Å². The molecule has 0 aromatic carbocycles. The molecule has 3 rings (SSSR count). The Morgan fingerprint density at radius 3 is 3.17 bits per heavy atom. The maximum absolute atomic E-state index is 11.6. The monoisotopic (exact) mass is 162 g/mol. The number of hydrogen-bond acceptors (Lipinski definition) is 1. The SMILES string of the molecule is O=C1CCCC23CCC=C2CC13. The Labute approximate surface area is 72.8 Å². The van der Waals surface area contributed by atoms with E-state index in [1.807, 2.05) is 0 Å². The summed E-state index contributed by atoms with van der Waals surface area (Å²) in [6, 6.07) is 0. The number of ketones is 1. The smallest absolute Gasteiger partial charge is 0.137 e. The third kappa shape index (κ3) is 0.596. The van der Waals surface area contributed by atoms with Gasteiger partial charge in [0.1, 0.15) is 5.78 Å². The summed E-state index contributed by atoms with van der Waals surface area (Å²) in [5, 5.41) is 0. The van der Waals surface area contributed by atoms with Crippen LogP contribution in [0.4, 0.5) is 0 Å². The molecule has 3 aliphatic rings. The standard InChI is InChI=1S/C11H14O/c12-10-4-2-6-11-5-1-3-8(11)7-9(10)11/h3,9H,1-2,4-7H2. The summed E-state index contributed by atoms with van der Waals surface area (Å²) < 4.78 is 0. The Morgan fingerprint density at radius 2 is 2.33 bits per heavy atom. The van der Waals surface area contributed by atoms with Crippen LogP contribution < -0.4 is 0 Å². The minimum absolute atomic E-state index is 0.412. The molecule has 1 nitrogen and oxygen atoms in total. The second-order valence-electron chi connectivity index (χ2n) is 4.50. The lowest BCUT2D eigenvalue weighted by Crippen LogP contribution is -2.47. The first kappa shape index (κ1) is 6.88. The third-order valence-electron chi connectivity index (χ3n) is 4.15. The van der Waals surface area contributed by atoms with E-state index in [1.165, 1.54) is 19.3 Å². The highest BCUT2D eigenvalue weighted by molar-refractivity contribution is 5.85. The van der Waals surface area contributed by atoms with Gasteiger partial charge in [-0.15, -0.1) is 0 Å². The van der Waals surface area contributed by atoms with Gasteiger partial charge in [0, 0.05) is 17.8 Å². The predicted octanol–water partition coefficient (Wildman–Crippen LogP) is 2.47. The molecule has 2 unspecified atom stereocenters. The molecule has 64 valence electrons. The topological polar surface area (TPSA) is 17.1 Å². The molecule has 2 atom stereocenters. The van der Waals surface area contributed by atoms with Crippen LogP contribution in [0.3, 0.4) is 0 Å². The molecule has 0 aromatic rings. The van der Waals surface area contributed by atoms with Crippen molar-refractivity contribution in [2.45, 2.75) is 38.5 Å². The number of carbonyl (C=O) groups is 1. The molecule has 0 bridgehead atoms. The van der Waals surface area contributed by atoms with Crippen LogP contribution in [0.2, 0.25) is 0 Å². The molecule has 0 aliphatic heterocycles. The van der Waals surface area contributed by atoms with Gasteiger partial charge in [-0.1, -0.05) is 11.6 Å². The first-order chi connectivity index (χ1) is 5.83. The van der Waals surface area contributed by atoms with Gasteiger partial charge in [-0.2, -0.15) is 0 Å². The number of allylic oxidation sites excluding steroid dienone is 2. The summed E-state index contributed by atoms with van der Waals surface area (Å²) in [5.74, 6) is 1.00. The number of Topliss-reactive ketones (excluding diaryl/α,β-unsaturated/α-hetero) is 1. The van der Waals surface area contributed by atoms with Crippen LogP contribution in [0.5, 0.6) is 0 Å². The Bertz CT molecular complexity index is 277. The van der Waals surface area contributed by atoms with E-state index in [4.69, 9.17) is 0 Å². The molecule has 0 N–H and O–H groups in total. The van der Waals surface area contributed by atoms with Gasteiger partial charge in [0.25, 0.3) is 0 Å². The van der Waals surface area contributed by atoms with Gasteiger partial charge in [-0.25, -0.2) is 0 Å². The Balaban J connectivity index is 1.98. The zero-order valence-corrected chi connectivity index (χ0v) is 7.31. The fourth-order valence-corrected chi connectivity index (χ4v) is 3.47. The molecular weight excluding hydrogens is 148 g/mol. The van der Waals surface area contributed by atoms with Gasteiger partial charge >= 0.3 is 0 Å². The van der Waals surface area contributed by atoms with Crippen LogP contribution in [-0.2, 0) is 4.79 Å². The predicted molar refractivity (Wildman–Crippen MR) is 46.7 cm³/mol. The second-order valence-corrected chi connectivity index (χ2v) is 4.50. The van der Waals surface area contributed by atoms with Crippen LogP contribution >= 0.6 is 0 Å². The summed E-state index contributed by atoms with van der Waals surface area (Å²) in [7, 11) is 0. The molecule has 2 fully saturated rings. The molecule has 0 radical (unpaired) electrons. The fraction of sp³-hybridized carbons (Fsp3) is 0.727. The zero-order valence-electron chi connectivity index (χ0n) is 7.31. The Kier molecular flexibility index (Phi) is 1.15. The zero-order chi connectivity index (χ0) is 8.18. The van der Waals surface area contributed by atoms with Gasteiger partial charge in [0.2, 0.25) is 0 Å². The van der Waals surface area contributed by atoms with Gasteiger partial charge in [-0.3, -0.25) is 4.79 Å². The highest BCUT2D eigenvalue weighted by atomic mass is 16.1. The minimum Gasteiger partial charge on any atom is -0.299 e. The maximum atomic E-state index is 11.6. The minimum atomic E-state index is 0.412. The lowest BCUT2D eigenvalue weighted by Gasteiger charge is -2.51. The summed E-state index contributed by atoms with van der Waals surface area (Å²) >= 11 is 0. The average Bonchev–Trinajstić information content (AvgIpc) is 2.33. The molecule has 3 aliphatic carbocycles. The van der Waals surface area contributed by atoms with Crippen LogP contribution in [0.25, 0.3) is 0 Å². The molecular formula is C11H14O. The molecule has 1 spiro atoms. The molecule has 0 amide bonds. The summed E-state index contributed by atoms with van der Waals surface area (Å²) in [4.78, 5) is 11.6. The van der Waals surface area contributed by atoms with Crippen molar-refractivity contribution in [1.82, 2.24) is 0 Å². The van der Waals surface area contributed by atoms with Crippen LogP contribution in [0.15, 0.2) is 11.6 Å². The normalized spacial score (nSPS) is 44.5. The Morgan fingerprint density at radius 1 is 1.42 bits per heavy atom. The largest absolute Gasteiger partial charge is 0.299 e. The molecule has 0 heterocycles. The van der Waals surface area contributed by atoms with E-state index in [-0.39, 0.29) is 0 Å². The highest BCUT2D eigenvalue weighted by Gasteiger charge is 2.56. The van der Waals surface area contributed by atoms with Crippen molar-refractivity contribution < 1.29 is 4.79 Å². The van der Waals surface area contributed by atoms with Gasteiger partial charge in [0.05, 0.1) is 0 Å². The lowest BCUT2D eigenvalue weighted by atomic mass is 9.51. The van der Waals surface area contributed by atoms with Crippen LogP contribution in [-0.4, -0.2) is 5.78 Å². The molecule has 0 saturated heterocycles. The van der Waals surface area contributed by atoms with Crippen molar-refractivity contribution in [3.8, 4) is 0 Å². The van der Waals surface area contributed by atoms with Gasteiger partial charge in [0.15, 0.2) is 0 Å². The van der Waals surface area contributed by atoms with E-state index < -0.39 is 0 Å². The van der Waals surface area contributed by atoms with Gasteiger partial charge < -0.3 is 0 Å². The van der Waals surface area contributed by atoms with Crippen LogP contribution in [0.1, 0.15) is 38.5 Å². The molecule has 0 aromatic heterocycles. The van der Waals surface area contributed by atoms with E-state index in [2.05, 4.69) is 6.08 Å². The van der Waals surface area contributed by atoms with Crippen molar-refractivity contribution in [1.29, 1.82) is 0 Å². The molecule has 1 heteroatoms. The third-order valence-corrected chi connectivity index (χ3v) is 4.15.